The molecule has 2 aromatic rings. The van der Waals surface area contributed by atoms with Gasteiger partial charge in [0, 0.05) is 16.6 Å². The highest BCUT2D eigenvalue weighted by atomic mass is 32.2. The van der Waals surface area contributed by atoms with Crippen molar-refractivity contribution in [1.29, 1.82) is 0 Å². The first kappa shape index (κ1) is 49.7. The molecule has 326 valence electrons. The minimum Gasteiger partial charge on any atom is -0.497 e. The summed E-state index contributed by atoms with van der Waals surface area (Å²) >= 11 is 1.36. The van der Waals surface area contributed by atoms with Crippen molar-refractivity contribution in [2.75, 3.05) is 7.11 Å². The average Bonchev–Trinajstić information content (AvgIpc) is 3.09. The highest BCUT2D eigenvalue weighted by Gasteiger charge is 2.97. The third-order valence-electron chi connectivity index (χ3n) is 8.09. The number of ether oxygens (including phenoxy) is 2. The highest BCUT2D eigenvalue weighted by Crippen LogP contribution is 2.66. The molecule has 0 saturated heterocycles. The van der Waals surface area contributed by atoms with Gasteiger partial charge >= 0.3 is 65.4 Å². The van der Waals surface area contributed by atoms with Gasteiger partial charge in [0.15, 0.2) is 0 Å². The molecule has 1 atom stereocenters. The lowest BCUT2D eigenvalue weighted by atomic mass is 9.85. The van der Waals surface area contributed by atoms with Gasteiger partial charge in [-0.25, -0.2) is 0 Å². The molecule has 2 aromatic carbocycles. The van der Waals surface area contributed by atoms with Crippen molar-refractivity contribution < 1.29 is 106 Å². The van der Waals surface area contributed by atoms with Crippen molar-refractivity contribution in [2.24, 2.45) is 0 Å². The highest BCUT2D eigenvalue weighted by molar-refractivity contribution is 8.00. The van der Waals surface area contributed by atoms with Crippen LogP contribution in [0.3, 0.4) is 0 Å². The molecule has 1 unspecified atom stereocenters. The third kappa shape index (κ3) is 9.10. The molecule has 0 aliphatic rings. The smallest absolute Gasteiger partial charge is 0.460 e. The van der Waals surface area contributed by atoms with E-state index in [2.05, 4.69) is 0 Å². The molecular formula is C32H27F21O3S. The summed E-state index contributed by atoms with van der Waals surface area (Å²) in [6.07, 6.45) is -11.2. The minimum atomic E-state index is -9.21. The fourth-order valence-corrected chi connectivity index (χ4v) is 5.88. The van der Waals surface area contributed by atoms with Crippen LogP contribution >= 0.6 is 11.8 Å². The molecule has 0 spiro atoms. The van der Waals surface area contributed by atoms with E-state index in [0.717, 1.165) is 29.2 Å². The SMILES string of the molecule is CCCC(CC(=O)OCc1ccc(CCC(F)(F)C(F)(F)C(F)(F)C(F)(F)C(F)(F)C(F)(F)C(F)(F)C(F)(F)C(F)(F)C(F)(F)F)cc1)Sc1ccc(OC)cc1. The zero-order chi connectivity index (χ0) is 44.5. The first-order valence-corrected chi connectivity index (χ1v) is 16.4. The van der Waals surface area contributed by atoms with Crippen LogP contribution in [0.1, 0.15) is 43.7 Å². The van der Waals surface area contributed by atoms with Crippen molar-refractivity contribution in [3.8, 4) is 5.75 Å². The van der Waals surface area contributed by atoms with Crippen LogP contribution in [0, 0.1) is 0 Å². The summed E-state index contributed by atoms with van der Waals surface area (Å²) in [4.78, 5) is 13.2. The molecule has 2 rings (SSSR count). The molecule has 0 fully saturated rings. The van der Waals surface area contributed by atoms with Gasteiger partial charge in [-0.15, -0.1) is 11.8 Å². The van der Waals surface area contributed by atoms with E-state index in [1.807, 2.05) is 6.92 Å². The molecule has 0 aromatic heterocycles. The van der Waals surface area contributed by atoms with E-state index in [1.165, 1.54) is 18.9 Å². The summed E-state index contributed by atoms with van der Waals surface area (Å²) in [5.74, 6) is -77.3. The van der Waals surface area contributed by atoms with Crippen molar-refractivity contribution in [3.63, 3.8) is 0 Å². The maximum atomic E-state index is 14.4. The van der Waals surface area contributed by atoms with Crippen molar-refractivity contribution in [1.82, 2.24) is 0 Å². The number of hydrogen-bond acceptors (Lipinski definition) is 4. The molecule has 0 aliphatic heterocycles. The quantitative estimate of drug-likeness (QED) is 0.0754. The molecule has 0 bridgehead atoms. The Balaban J connectivity index is 2.20. The number of thioether (sulfide) groups is 1. The molecule has 57 heavy (non-hydrogen) atoms. The lowest BCUT2D eigenvalue weighted by Gasteiger charge is -2.44. The largest absolute Gasteiger partial charge is 0.497 e. The number of hydrogen-bond donors (Lipinski definition) is 0. The summed E-state index contributed by atoms with van der Waals surface area (Å²) in [5.41, 5.74) is -0.428. The second-order valence-corrected chi connectivity index (χ2v) is 13.6. The van der Waals surface area contributed by atoms with E-state index in [9.17, 15) is 97.0 Å². The Kier molecular flexibility index (Phi) is 14.6. The molecular weight excluding hydrogens is 863 g/mol. The van der Waals surface area contributed by atoms with E-state index in [4.69, 9.17) is 9.47 Å². The van der Waals surface area contributed by atoms with Crippen LogP contribution in [0.25, 0.3) is 0 Å². The lowest BCUT2D eigenvalue weighted by molar-refractivity contribution is -0.474. The molecule has 3 nitrogen and oxygen atoms in total. The van der Waals surface area contributed by atoms with Gasteiger partial charge in [-0.3, -0.25) is 4.79 Å². The van der Waals surface area contributed by atoms with E-state index >= 15 is 0 Å². The fourth-order valence-electron chi connectivity index (χ4n) is 4.63. The molecule has 0 amide bonds. The van der Waals surface area contributed by atoms with Crippen LogP contribution in [-0.4, -0.2) is 77.8 Å². The van der Waals surface area contributed by atoms with Gasteiger partial charge in [-0.05, 0) is 48.2 Å². The number of rotatable bonds is 20. The zero-order valence-corrected chi connectivity index (χ0v) is 29.3. The summed E-state index contributed by atoms with van der Waals surface area (Å²) < 4.78 is 296. The van der Waals surface area contributed by atoms with Gasteiger partial charge in [0.1, 0.15) is 12.4 Å². The van der Waals surface area contributed by atoms with Crippen LogP contribution in [-0.2, 0) is 22.6 Å². The summed E-state index contributed by atoms with van der Waals surface area (Å²) in [7, 11) is 1.46. The first-order chi connectivity index (χ1) is 25.5. The van der Waals surface area contributed by atoms with Crippen LogP contribution in [0.5, 0.6) is 5.75 Å². The van der Waals surface area contributed by atoms with Crippen molar-refractivity contribution >= 4 is 17.7 Å². The normalized spacial score (nSPS) is 15.1. The second-order valence-electron chi connectivity index (χ2n) is 12.2. The maximum absolute atomic E-state index is 14.4. The van der Waals surface area contributed by atoms with Gasteiger partial charge in [-0.2, -0.15) is 92.2 Å². The molecule has 0 saturated carbocycles. The Bertz CT molecular complexity index is 1640. The number of benzene rings is 2. The molecule has 0 radical (unpaired) electrons. The topological polar surface area (TPSA) is 35.5 Å². The van der Waals surface area contributed by atoms with Crippen molar-refractivity contribution in [2.45, 2.75) is 115 Å². The van der Waals surface area contributed by atoms with Gasteiger partial charge < -0.3 is 9.47 Å². The fraction of sp³-hybridized carbons (Fsp3) is 0.594. The number of esters is 1. The van der Waals surface area contributed by atoms with E-state index in [0.29, 0.717) is 18.6 Å². The number of methoxy groups -OCH3 is 1. The maximum Gasteiger partial charge on any atom is 0.460 e. The van der Waals surface area contributed by atoms with Gasteiger partial charge in [0.25, 0.3) is 0 Å². The van der Waals surface area contributed by atoms with Gasteiger partial charge in [0.05, 0.1) is 13.5 Å². The Hall–Kier alpha value is -3.41. The standard InChI is InChI=1S/C32H27F21O3S/c1-3-4-21(57-20-11-9-19(55-2)10-12-20)15-22(54)56-16-18-7-5-17(6-8-18)13-14-23(33,34)24(35,36)25(37,38)26(39,40)27(41,42)28(43,44)29(45,46)30(47,48)31(49,50)32(51,52)53/h5-12,21H,3-4,13-16H2,1-2H3. The first-order valence-electron chi connectivity index (χ1n) is 15.5. The Morgan fingerprint density at radius 2 is 0.982 bits per heavy atom. The third-order valence-corrected chi connectivity index (χ3v) is 9.37. The summed E-state index contributed by atoms with van der Waals surface area (Å²) in [6, 6.07) is 10.5. The van der Waals surface area contributed by atoms with Crippen LogP contribution < -0.4 is 4.74 Å². The number of carbonyl (C=O) groups is 1. The van der Waals surface area contributed by atoms with Crippen LogP contribution in [0.4, 0.5) is 92.2 Å². The summed E-state index contributed by atoms with van der Waals surface area (Å²) in [5, 5.41) is -0.255. The predicted molar refractivity (Wildman–Crippen MR) is 157 cm³/mol. The second kappa shape index (κ2) is 16.7. The zero-order valence-electron chi connectivity index (χ0n) is 28.5. The number of halogens is 21. The monoisotopic (exact) mass is 890 g/mol. The van der Waals surface area contributed by atoms with Crippen LogP contribution in [0.2, 0.25) is 0 Å². The van der Waals surface area contributed by atoms with E-state index in [-0.39, 0.29) is 17.2 Å². The van der Waals surface area contributed by atoms with Gasteiger partial charge in [-0.1, -0.05) is 37.6 Å². The van der Waals surface area contributed by atoms with E-state index in [1.54, 1.807) is 24.3 Å². The number of aryl methyl sites for hydroxylation is 1. The van der Waals surface area contributed by atoms with Gasteiger partial charge in [0.2, 0.25) is 0 Å². The molecule has 0 N–H and O–H groups in total. The number of alkyl halides is 21. The summed E-state index contributed by atoms with van der Waals surface area (Å²) in [6.45, 7) is 1.38. The van der Waals surface area contributed by atoms with Crippen LogP contribution in [0.15, 0.2) is 53.4 Å². The van der Waals surface area contributed by atoms with Crippen molar-refractivity contribution in [3.05, 3.63) is 59.7 Å². The molecule has 0 heterocycles. The van der Waals surface area contributed by atoms with E-state index < -0.39 is 90.5 Å². The minimum absolute atomic E-state index is 0.0952. The Morgan fingerprint density at radius 1 is 0.579 bits per heavy atom. The molecule has 0 aliphatic carbocycles. The Labute approximate surface area is 312 Å². The molecule has 25 heteroatoms. The Morgan fingerprint density at radius 3 is 1.39 bits per heavy atom. The average molecular weight is 891 g/mol. The lowest BCUT2D eigenvalue weighted by Crippen LogP contribution is -2.76. The predicted octanol–water partition coefficient (Wildman–Crippen LogP) is 12.3. The number of carbonyl (C=O) groups excluding carboxylic acids is 1.